The monoisotopic (exact) mass is 219 g/mol. The van der Waals surface area contributed by atoms with Crippen molar-refractivity contribution >= 4 is 11.6 Å². The van der Waals surface area contributed by atoms with Crippen LogP contribution in [-0.2, 0) is 11.2 Å². The van der Waals surface area contributed by atoms with Gasteiger partial charge in [0, 0.05) is 19.6 Å². The molecule has 0 spiro atoms. The minimum Gasteiger partial charge on any atom is -0.396 e. The number of aliphatic hydroxyl groups is 1. The standard InChI is InChI=1S/C13H17NO2/c1-8-4-10-6-12(16)14(3)13(10)11(5-8)9(2)7-15/h4-5,9,15H,6-7H2,1-3H3. The Kier molecular flexibility index (Phi) is 2.72. The summed E-state index contributed by atoms with van der Waals surface area (Å²) in [7, 11) is 1.80. The van der Waals surface area contributed by atoms with Gasteiger partial charge in [0.2, 0.25) is 5.91 Å². The van der Waals surface area contributed by atoms with Crippen LogP contribution < -0.4 is 4.90 Å². The highest BCUT2D eigenvalue weighted by atomic mass is 16.3. The SMILES string of the molecule is Cc1cc2c(c(C(C)CO)c1)N(C)C(=O)C2. The number of amides is 1. The summed E-state index contributed by atoms with van der Waals surface area (Å²) in [6.07, 6.45) is 0.485. The Morgan fingerprint density at radius 2 is 2.19 bits per heavy atom. The molecule has 1 aromatic carbocycles. The second-order valence-corrected chi connectivity index (χ2v) is 4.58. The van der Waals surface area contributed by atoms with Gasteiger partial charge in [0.15, 0.2) is 0 Å². The van der Waals surface area contributed by atoms with Gasteiger partial charge in [-0.25, -0.2) is 0 Å². The van der Waals surface area contributed by atoms with Crippen molar-refractivity contribution in [1.82, 2.24) is 0 Å². The van der Waals surface area contributed by atoms with Crippen LogP contribution in [0.25, 0.3) is 0 Å². The van der Waals surface area contributed by atoms with Crippen LogP contribution in [0.4, 0.5) is 5.69 Å². The molecule has 1 N–H and O–H groups in total. The highest BCUT2D eigenvalue weighted by molar-refractivity contribution is 6.02. The van der Waals surface area contributed by atoms with Gasteiger partial charge in [0.1, 0.15) is 0 Å². The average molecular weight is 219 g/mol. The third-order valence-corrected chi connectivity index (χ3v) is 3.22. The van der Waals surface area contributed by atoms with E-state index in [9.17, 15) is 9.90 Å². The van der Waals surface area contributed by atoms with Crippen LogP contribution in [0.1, 0.15) is 29.5 Å². The summed E-state index contributed by atoms with van der Waals surface area (Å²) >= 11 is 0. The Morgan fingerprint density at radius 3 is 2.81 bits per heavy atom. The van der Waals surface area contributed by atoms with Gasteiger partial charge < -0.3 is 10.0 Å². The lowest BCUT2D eigenvalue weighted by atomic mass is 9.95. The van der Waals surface area contributed by atoms with Crippen LogP contribution in [0.3, 0.4) is 0 Å². The molecular weight excluding hydrogens is 202 g/mol. The topological polar surface area (TPSA) is 40.5 Å². The van der Waals surface area contributed by atoms with Crippen molar-refractivity contribution in [3.8, 4) is 0 Å². The molecule has 0 bridgehead atoms. The number of anilines is 1. The molecule has 1 aliphatic rings. The molecule has 1 unspecified atom stereocenters. The normalized spacial score (nSPS) is 16.5. The van der Waals surface area contributed by atoms with Crippen molar-refractivity contribution in [2.75, 3.05) is 18.6 Å². The first-order valence-electron chi connectivity index (χ1n) is 5.55. The zero-order chi connectivity index (χ0) is 11.9. The Labute approximate surface area is 95.7 Å². The summed E-state index contributed by atoms with van der Waals surface area (Å²) in [6.45, 7) is 4.11. The Morgan fingerprint density at radius 1 is 1.50 bits per heavy atom. The van der Waals surface area contributed by atoms with E-state index in [1.807, 2.05) is 13.8 Å². The number of carbonyl (C=O) groups is 1. The molecule has 1 heterocycles. The van der Waals surface area contributed by atoms with Crippen LogP contribution in [0, 0.1) is 6.92 Å². The predicted octanol–water partition coefficient (Wildman–Crippen LogP) is 1.61. The molecule has 3 heteroatoms. The van der Waals surface area contributed by atoms with E-state index < -0.39 is 0 Å². The molecule has 0 radical (unpaired) electrons. The van der Waals surface area contributed by atoms with Crippen LogP contribution in [0.5, 0.6) is 0 Å². The van der Waals surface area contributed by atoms with E-state index in [1.54, 1.807) is 11.9 Å². The van der Waals surface area contributed by atoms with Crippen LogP contribution in [0.15, 0.2) is 12.1 Å². The number of likely N-dealkylation sites (N-methyl/N-ethyl adjacent to an activating group) is 1. The molecule has 0 aliphatic carbocycles. The zero-order valence-electron chi connectivity index (χ0n) is 9.95. The number of benzene rings is 1. The maximum Gasteiger partial charge on any atom is 0.231 e. The third kappa shape index (κ3) is 1.61. The second kappa shape index (κ2) is 3.91. The zero-order valence-corrected chi connectivity index (χ0v) is 9.95. The molecule has 1 aromatic rings. The lowest BCUT2D eigenvalue weighted by Crippen LogP contribution is -2.22. The first-order chi connectivity index (χ1) is 7.54. The fourth-order valence-corrected chi connectivity index (χ4v) is 2.31. The van der Waals surface area contributed by atoms with E-state index in [4.69, 9.17) is 0 Å². The number of aliphatic hydroxyl groups excluding tert-OH is 1. The molecule has 0 saturated carbocycles. The lowest BCUT2D eigenvalue weighted by molar-refractivity contribution is -0.117. The first-order valence-corrected chi connectivity index (χ1v) is 5.55. The molecule has 2 rings (SSSR count). The summed E-state index contributed by atoms with van der Waals surface area (Å²) in [4.78, 5) is 13.4. The number of fused-ring (bicyclic) bond motifs is 1. The Balaban J connectivity index is 2.58. The molecule has 1 amide bonds. The van der Waals surface area contributed by atoms with Crippen molar-refractivity contribution in [2.45, 2.75) is 26.2 Å². The van der Waals surface area contributed by atoms with E-state index in [1.165, 1.54) is 0 Å². The van der Waals surface area contributed by atoms with Gasteiger partial charge in [-0.3, -0.25) is 4.79 Å². The maximum atomic E-state index is 11.7. The summed E-state index contributed by atoms with van der Waals surface area (Å²) in [5.74, 6) is 0.203. The molecule has 1 atom stereocenters. The minimum absolute atomic E-state index is 0.0713. The molecule has 0 fully saturated rings. The van der Waals surface area contributed by atoms with E-state index in [0.29, 0.717) is 6.42 Å². The van der Waals surface area contributed by atoms with Crippen LogP contribution in [0.2, 0.25) is 0 Å². The third-order valence-electron chi connectivity index (χ3n) is 3.22. The van der Waals surface area contributed by atoms with E-state index >= 15 is 0 Å². The van der Waals surface area contributed by atoms with E-state index in [2.05, 4.69) is 12.1 Å². The first kappa shape index (κ1) is 11.1. The largest absolute Gasteiger partial charge is 0.396 e. The van der Waals surface area contributed by atoms with Crippen LogP contribution in [-0.4, -0.2) is 24.7 Å². The van der Waals surface area contributed by atoms with Gasteiger partial charge in [0.25, 0.3) is 0 Å². The molecular formula is C13H17NO2. The number of hydrogen-bond acceptors (Lipinski definition) is 2. The minimum atomic E-state index is 0.0713. The quantitative estimate of drug-likeness (QED) is 0.821. The lowest BCUT2D eigenvalue weighted by Gasteiger charge is -2.19. The van der Waals surface area contributed by atoms with Crippen molar-refractivity contribution in [3.63, 3.8) is 0 Å². The van der Waals surface area contributed by atoms with Crippen molar-refractivity contribution in [3.05, 3.63) is 28.8 Å². The van der Waals surface area contributed by atoms with Gasteiger partial charge in [-0.05, 0) is 18.1 Å². The summed E-state index contributed by atoms with van der Waals surface area (Å²) in [5.41, 5.74) is 4.31. The summed E-state index contributed by atoms with van der Waals surface area (Å²) in [6, 6.07) is 4.12. The van der Waals surface area contributed by atoms with Crippen molar-refractivity contribution < 1.29 is 9.90 Å². The Bertz CT molecular complexity index is 440. The maximum absolute atomic E-state index is 11.7. The second-order valence-electron chi connectivity index (χ2n) is 4.58. The van der Waals surface area contributed by atoms with Gasteiger partial charge in [-0.15, -0.1) is 0 Å². The molecule has 0 aromatic heterocycles. The summed E-state index contributed by atoms with van der Waals surface area (Å²) < 4.78 is 0. The van der Waals surface area contributed by atoms with Crippen molar-refractivity contribution in [2.24, 2.45) is 0 Å². The highest BCUT2D eigenvalue weighted by Crippen LogP contribution is 2.36. The molecule has 3 nitrogen and oxygen atoms in total. The fraction of sp³-hybridized carbons (Fsp3) is 0.462. The van der Waals surface area contributed by atoms with Crippen molar-refractivity contribution in [1.29, 1.82) is 0 Å². The van der Waals surface area contributed by atoms with Crippen LogP contribution >= 0.6 is 0 Å². The smallest absolute Gasteiger partial charge is 0.231 e. The number of carbonyl (C=O) groups excluding carboxylic acids is 1. The average Bonchev–Trinajstić information content (AvgIpc) is 2.52. The summed E-state index contributed by atoms with van der Waals surface area (Å²) in [5, 5.41) is 9.26. The van der Waals surface area contributed by atoms with Gasteiger partial charge in [-0.2, -0.15) is 0 Å². The predicted molar refractivity (Wildman–Crippen MR) is 63.8 cm³/mol. The Hall–Kier alpha value is -1.35. The van der Waals surface area contributed by atoms with Gasteiger partial charge in [-0.1, -0.05) is 24.6 Å². The van der Waals surface area contributed by atoms with Gasteiger partial charge >= 0.3 is 0 Å². The number of nitrogens with zero attached hydrogens (tertiary/aromatic N) is 1. The number of rotatable bonds is 2. The van der Waals surface area contributed by atoms with E-state index in [0.717, 1.165) is 22.4 Å². The highest BCUT2D eigenvalue weighted by Gasteiger charge is 2.28. The van der Waals surface area contributed by atoms with E-state index in [-0.39, 0.29) is 18.4 Å². The van der Waals surface area contributed by atoms with Gasteiger partial charge in [0.05, 0.1) is 12.1 Å². The molecule has 16 heavy (non-hydrogen) atoms. The number of aryl methyl sites for hydroxylation is 1. The molecule has 1 aliphatic heterocycles. The fourth-order valence-electron chi connectivity index (χ4n) is 2.31. The number of hydrogen-bond donors (Lipinski definition) is 1. The molecule has 86 valence electrons. The molecule has 0 saturated heterocycles.